The van der Waals surface area contributed by atoms with Crippen LogP contribution in [0.2, 0.25) is 5.28 Å². The standard InChI is InChI=1S/C11H11ClN2O2/c1-15-7-3-4-10(16-2)8(5-7)9-6-13-11(12)14-9/h3-6H,1-2H3,(H,13,14). The molecule has 0 amide bonds. The Morgan fingerprint density at radius 3 is 2.62 bits per heavy atom. The number of halogens is 1. The third-order valence-electron chi connectivity index (χ3n) is 2.24. The van der Waals surface area contributed by atoms with Crippen LogP contribution in [-0.2, 0) is 0 Å². The summed E-state index contributed by atoms with van der Waals surface area (Å²) in [5.41, 5.74) is 1.65. The van der Waals surface area contributed by atoms with Crippen molar-refractivity contribution in [2.45, 2.75) is 0 Å². The molecule has 0 unspecified atom stereocenters. The van der Waals surface area contributed by atoms with Crippen molar-refractivity contribution < 1.29 is 9.47 Å². The Balaban J connectivity index is 2.52. The zero-order valence-corrected chi connectivity index (χ0v) is 9.71. The van der Waals surface area contributed by atoms with E-state index >= 15 is 0 Å². The molecule has 0 saturated heterocycles. The van der Waals surface area contributed by atoms with Gasteiger partial charge in [-0.15, -0.1) is 0 Å². The van der Waals surface area contributed by atoms with Gasteiger partial charge in [-0.05, 0) is 29.8 Å². The van der Waals surface area contributed by atoms with E-state index in [0.717, 1.165) is 22.8 Å². The molecular weight excluding hydrogens is 228 g/mol. The van der Waals surface area contributed by atoms with E-state index in [1.165, 1.54) is 0 Å². The van der Waals surface area contributed by atoms with Crippen molar-refractivity contribution in [2.75, 3.05) is 14.2 Å². The molecule has 0 aliphatic heterocycles. The monoisotopic (exact) mass is 238 g/mol. The summed E-state index contributed by atoms with van der Waals surface area (Å²) in [7, 11) is 3.23. The van der Waals surface area contributed by atoms with Gasteiger partial charge in [0.05, 0.1) is 26.1 Å². The normalized spacial score (nSPS) is 10.2. The van der Waals surface area contributed by atoms with Gasteiger partial charge in [0.15, 0.2) is 5.28 Å². The lowest BCUT2D eigenvalue weighted by Gasteiger charge is -2.08. The second-order valence-electron chi connectivity index (χ2n) is 3.15. The van der Waals surface area contributed by atoms with Crippen LogP contribution in [0.15, 0.2) is 24.4 Å². The zero-order valence-electron chi connectivity index (χ0n) is 8.95. The van der Waals surface area contributed by atoms with E-state index < -0.39 is 0 Å². The van der Waals surface area contributed by atoms with Gasteiger partial charge >= 0.3 is 0 Å². The van der Waals surface area contributed by atoms with Gasteiger partial charge in [-0.1, -0.05) is 0 Å². The molecule has 0 aliphatic carbocycles. The number of nitrogens with one attached hydrogen (secondary N) is 1. The first-order valence-electron chi connectivity index (χ1n) is 4.67. The molecular formula is C11H11ClN2O2. The summed E-state index contributed by atoms with van der Waals surface area (Å²) in [5, 5.41) is 0.347. The summed E-state index contributed by atoms with van der Waals surface area (Å²) in [4.78, 5) is 6.87. The molecule has 16 heavy (non-hydrogen) atoms. The molecule has 0 fully saturated rings. The first-order chi connectivity index (χ1) is 7.74. The summed E-state index contributed by atoms with van der Waals surface area (Å²) in [6.45, 7) is 0. The van der Waals surface area contributed by atoms with Gasteiger partial charge < -0.3 is 14.5 Å². The van der Waals surface area contributed by atoms with E-state index in [4.69, 9.17) is 21.1 Å². The number of aromatic nitrogens is 2. The summed E-state index contributed by atoms with van der Waals surface area (Å²) in [5.74, 6) is 1.49. The lowest BCUT2D eigenvalue weighted by molar-refractivity contribution is 0.404. The van der Waals surface area contributed by atoms with Gasteiger partial charge in [0.1, 0.15) is 11.5 Å². The van der Waals surface area contributed by atoms with Crippen LogP contribution in [0.5, 0.6) is 11.5 Å². The molecule has 0 aliphatic rings. The maximum Gasteiger partial charge on any atom is 0.200 e. The van der Waals surface area contributed by atoms with Crippen molar-refractivity contribution >= 4 is 11.6 Å². The third-order valence-corrected chi connectivity index (χ3v) is 2.43. The molecule has 84 valence electrons. The fourth-order valence-corrected chi connectivity index (χ4v) is 1.61. The zero-order chi connectivity index (χ0) is 11.5. The average molecular weight is 239 g/mol. The van der Waals surface area contributed by atoms with E-state index in [1.807, 2.05) is 18.2 Å². The number of ether oxygens (including phenoxy) is 2. The second kappa shape index (κ2) is 4.45. The average Bonchev–Trinajstić information content (AvgIpc) is 2.75. The maximum atomic E-state index is 5.74. The van der Waals surface area contributed by atoms with Crippen molar-refractivity contribution in [3.63, 3.8) is 0 Å². The minimum absolute atomic E-state index is 0.347. The predicted molar refractivity (Wildman–Crippen MR) is 62.1 cm³/mol. The van der Waals surface area contributed by atoms with Crippen LogP contribution in [0.3, 0.4) is 0 Å². The Morgan fingerprint density at radius 2 is 2.06 bits per heavy atom. The molecule has 1 N–H and O–H groups in total. The fourth-order valence-electron chi connectivity index (χ4n) is 1.46. The van der Waals surface area contributed by atoms with Crippen LogP contribution < -0.4 is 9.47 Å². The van der Waals surface area contributed by atoms with Gasteiger partial charge in [-0.2, -0.15) is 0 Å². The SMILES string of the molecule is COc1ccc(OC)c(-c2cnc(Cl)[nH]2)c1. The van der Waals surface area contributed by atoms with Gasteiger partial charge in [0, 0.05) is 5.56 Å². The van der Waals surface area contributed by atoms with Crippen LogP contribution in [0.4, 0.5) is 0 Å². The fraction of sp³-hybridized carbons (Fsp3) is 0.182. The van der Waals surface area contributed by atoms with Crippen LogP contribution in [-0.4, -0.2) is 24.2 Å². The third kappa shape index (κ3) is 1.97. The van der Waals surface area contributed by atoms with E-state index in [2.05, 4.69) is 9.97 Å². The van der Waals surface area contributed by atoms with Gasteiger partial charge in [-0.3, -0.25) is 0 Å². The maximum absolute atomic E-state index is 5.74. The second-order valence-corrected chi connectivity index (χ2v) is 3.51. The number of hydrogen-bond acceptors (Lipinski definition) is 3. The highest BCUT2D eigenvalue weighted by atomic mass is 35.5. The smallest absolute Gasteiger partial charge is 0.200 e. The van der Waals surface area contributed by atoms with Crippen molar-refractivity contribution in [3.05, 3.63) is 29.7 Å². The summed E-state index contributed by atoms with van der Waals surface area (Å²) in [6, 6.07) is 5.53. The quantitative estimate of drug-likeness (QED) is 0.895. The number of rotatable bonds is 3. The first kappa shape index (κ1) is 10.8. The van der Waals surface area contributed by atoms with Crippen LogP contribution in [0.25, 0.3) is 11.3 Å². The molecule has 1 heterocycles. The van der Waals surface area contributed by atoms with E-state index in [1.54, 1.807) is 20.4 Å². The van der Waals surface area contributed by atoms with Crippen LogP contribution in [0.1, 0.15) is 0 Å². The minimum Gasteiger partial charge on any atom is -0.497 e. The molecule has 5 heteroatoms. The first-order valence-corrected chi connectivity index (χ1v) is 5.05. The molecule has 0 radical (unpaired) electrons. The number of aromatic amines is 1. The molecule has 0 spiro atoms. The number of imidazole rings is 1. The highest BCUT2D eigenvalue weighted by molar-refractivity contribution is 6.28. The van der Waals surface area contributed by atoms with Crippen LogP contribution in [0, 0.1) is 0 Å². The minimum atomic E-state index is 0.347. The molecule has 0 atom stereocenters. The molecule has 0 bridgehead atoms. The number of hydrogen-bond donors (Lipinski definition) is 1. The molecule has 0 saturated carbocycles. The van der Waals surface area contributed by atoms with Gasteiger partial charge in [0.2, 0.25) is 0 Å². The highest BCUT2D eigenvalue weighted by Crippen LogP contribution is 2.32. The van der Waals surface area contributed by atoms with Gasteiger partial charge in [0.25, 0.3) is 0 Å². The number of H-pyrrole nitrogens is 1. The molecule has 2 rings (SSSR count). The van der Waals surface area contributed by atoms with Crippen molar-refractivity contribution in [1.82, 2.24) is 9.97 Å². The number of nitrogens with zero attached hydrogens (tertiary/aromatic N) is 1. The van der Waals surface area contributed by atoms with E-state index in [-0.39, 0.29) is 0 Å². The largest absolute Gasteiger partial charge is 0.497 e. The molecule has 2 aromatic rings. The topological polar surface area (TPSA) is 47.1 Å². The Hall–Kier alpha value is -1.68. The molecule has 1 aromatic carbocycles. The summed E-state index contributed by atoms with van der Waals surface area (Å²) in [6.07, 6.45) is 1.65. The molecule has 1 aromatic heterocycles. The Bertz CT molecular complexity index is 496. The van der Waals surface area contributed by atoms with Crippen molar-refractivity contribution in [3.8, 4) is 22.8 Å². The Kier molecular flexibility index (Phi) is 3.01. The van der Waals surface area contributed by atoms with E-state index in [9.17, 15) is 0 Å². The summed E-state index contributed by atoms with van der Waals surface area (Å²) >= 11 is 5.74. The molecule has 4 nitrogen and oxygen atoms in total. The van der Waals surface area contributed by atoms with Gasteiger partial charge in [-0.25, -0.2) is 4.98 Å². The Morgan fingerprint density at radius 1 is 1.25 bits per heavy atom. The lowest BCUT2D eigenvalue weighted by Crippen LogP contribution is -1.90. The number of benzene rings is 1. The van der Waals surface area contributed by atoms with Crippen molar-refractivity contribution in [2.24, 2.45) is 0 Å². The van der Waals surface area contributed by atoms with E-state index in [0.29, 0.717) is 5.28 Å². The van der Waals surface area contributed by atoms with Crippen molar-refractivity contribution in [1.29, 1.82) is 0 Å². The van der Waals surface area contributed by atoms with Crippen LogP contribution >= 0.6 is 11.6 Å². The summed E-state index contributed by atoms with van der Waals surface area (Å²) < 4.78 is 10.4. The lowest BCUT2D eigenvalue weighted by atomic mass is 10.1. The predicted octanol–water partition coefficient (Wildman–Crippen LogP) is 2.75. The Labute approximate surface area is 98.2 Å². The number of methoxy groups -OCH3 is 2. The highest BCUT2D eigenvalue weighted by Gasteiger charge is 2.09.